The molecular formula is C19H24FN5O4. The quantitative estimate of drug-likeness (QED) is 0.582. The molecule has 29 heavy (non-hydrogen) atoms. The monoisotopic (exact) mass is 405 g/mol. The molecule has 2 saturated heterocycles. The molecule has 10 heteroatoms. The summed E-state index contributed by atoms with van der Waals surface area (Å²) in [6.07, 6.45) is 1.22. The number of hydrogen-bond donors (Lipinski definition) is 3. The van der Waals surface area contributed by atoms with Crippen LogP contribution in [0.5, 0.6) is 0 Å². The van der Waals surface area contributed by atoms with Crippen LogP contribution in [0.25, 0.3) is 0 Å². The zero-order valence-corrected chi connectivity index (χ0v) is 15.9. The number of hydrogen-bond acceptors (Lipinski definition) is 5. The van der Waals surface area contributed by atoms with Gasteiger partial charge in [-0.1, -0.05) is 6.07 Å². The Morgan fingerprint density at radius 2 is 2.07 bits per heavy atom. The number of piperidine rings is 1. The molecule has 0 bridgehead atoms. The van der Waals surface area contributed by atoms with Gasteiger partial charge in [0.25, 0.3) is 5.91 Å². The lowest BCUT2D eigenvalue weighted by Gasteiger charge is -2.41. The van der Waals surface area contributed by atoms with Crippen LogP contribution in [-0.4, -0.2) is 78.2 Å². The number of amides is 4. The number of benzene rings is 1. The summed E-state index contributed by atoms with van der Waals surface area (Å²) in [7, 11) is 0. The molecule has 1 aromatic rings. The zero-order chi connectivity index (χ0) is 21.0. The van der Waals surface area contributed by atoms with E-state index in [9.17, 15) is 23.6 Å². The molecule has 0 unspecified atom stereocenters. The molecule has 0 radical (unpaired) electrons. The topological polar surface area (TPSA) is 125 Å². The largest absolute Gasteiger partial charge is 0.354 e. The van der Waals surface area contributed by atoms with Crippen LogP contribution in [-0.2, 0) is 14.4 Å². The second kappa shape index (κ2) is 8.99. The molecule has 3 rings (SSSR count). The van der Waals surface area contributed by atoms with Gasteiger partial charge in [-0.2, -0.15) is 0 Å². The van der Waals surface area contributed by atoms with Crippen molar-refractivity contribution >= 4 is 23.6 Å². The molecule has 0 aromatic heterocycles. The fourth-order valence-corrected chi connectivity index (χ4v) is 3.57. The molecule has 2 fully saturated rings. The van der Waals surface area contributed by atoms with Gasteiger partial charge in [0.1, 0.15) is 17.9 Å². The number of carbonyl (C=O) groups is 4. The maximum absolute atomic E-state index is 13.6. The summed E-state index contributed by atoms with van der Waals surface area (Å²) in [5, 5.41) is 5.36. The van der Waals surface area contributed by atoms with Crippen molar-refractivity contribution in [3.63, 3.8) is 0 Å². The number of nitrogens with two attached hydrogens (primary N) is 1. The van der Waals surface area contributed by atoms with E-state index in [1.54, 1.807) is 0 Å². The van der Waals surface area contributed by atoms with Crippen LogP contribution in [0.1, 0.15) is 23.2 Å². The second-order valence-electron chi connectivity index (χ2n) is 7.06. The van der Waals surface area contributed by atoms with Gasteiger partial charge >= 0.3 is 0 Å². The van der Waals surface area contributed by atoms with Crippen molar-refractivity contribution in [2.24, 2.45) is 5.73 Å². The molecule has 156 valence electrons. The zero-order valence-electron chi connectivity index (χ0n) is 15.9. The Bertz CT molecular complexity index is 818. The Morgan fingerprint density at radius 3 is 2.76 bits per heavy atom. The van der Waals surface area contributed by atoms with Crippen LogP contribution < -0.4 is 16.4 Å². The predicted octanol–water partition coefficient (Wildman–Crippen LogP) is -1.17. The first kappa shape index (κ1) is 20.7. The first-order valence-corrected chi connectivity index (χ1v) is 9.53. The van der Waals surface area contributed by atoms with Crippen molar-refractivity contribution in [3.05, 3.63) is 35.6 Å². The van der Waals surface area contributed by atoms with Crippen LogP contribution in [0.3, 0.4) is 0 Å². The SMILES string of the molecule is NCC(=O)N1CCN(C(=O)c2cccc(F)c2)[C@H](C(=O)N[C@H]2CCCNC2=O)C1. The lowest BCUT2D eigenvalue weighted by Crippen LogP contribution is -2.64. The lowest BCUT2D eigenvalue weighted by atomic mass is 10.0. The average Bonchev–Trinajstić information content (AvgIpc) is 2.73. The Kier molecular flexibility index (Phi) is 6.42. The number of rotatable bonds is 4. The van der Waals surface area contributed by atoms with E-state index in [1.165, 1.54) is 28.0 Å². The third kappa shape index (κ3) is 4.70. The number of carbonyl (C=O) groups excluding carboxylic acids is 4. The number of nitrogens with one attached hydrogen (secondary N) is 2. The first-order valence-electron chi connectivity index (χ1n) is 9.53. The first-order chi connectivity index (χ1) is 13.9. The molecule has 0 aliphatic carbocycles. The maximum Gasteiger partial charge on any atom is 0.254 e. The Hall–Kier alpha value is -3.01. The standard InChI is InChI=1S/C19H24FN5O4/c20-13-4-1-3-12(9-13)19(29)25-8-7-24(16(26)10-21)11-15(25)18(28)23-14-5-2-6-22-17(14)27/h1,3-4,9,14-15H,2,5-8,10-11,21H2,(H,22,27)(H,23,28)/t14-,15-/m0/s1. The van der Waals surface area contributed by atoms with Gasteiger partial charge in [0.05, 0.1) is 13.1 Å². The van der Waals surface area contributed by atoms with E-state index in [4.69, 9.17) is 5.73 Å². The van der Waals surface area contributed by atoms with Gasteiger partial charge in [0.15, 0.2) is 0 Å². The third-order valence-corrected chi connectivity index (χ3v) is 5.14. The van der Waals surface area contributed by atoms with Crippen molar-refractivity contribution in [2.75, 3.05) is 32.7 Å². The highest BCUT2D eigenvalue weighted by Crippen LogP contribution is 2.16. The molecule has 2 aliphatic heterocycles. The Balaban J connectivity index is 1.81. The van der Waals surface area contributed by atoms with Crippen LogP contribution in [0, 0.1) is 5.82 Å². The van der Waals surface area contributed by atoms with Gasteiger partial charge in [-0.3, -0.25) is 19.2 Å². The molecule has 1 aromatic carbocycles. The van der Waals surface area contributed by atoms with Crippen molar-refractivity contribution in [1.82, 2.24) is 20.4 Å². The summed E-state index contributed by atoms with van der Waals surface area (Å²) in [6, 6.07) is 3.50. The minimum Gasteiger partial charge on any atom is -0.354 e. The minimum absolute atomic E-state index is 0.0444. The highest BCUT2D eigenvalue weighted by Gasteiger charge is 2.38. The molecule has 4 amide bonds. The Labute approximate surface area is 167 Å². The van der Waals surface area contributed by atoms with Gasteiger partial charge < -0.3 is 26.2 Å². The average molecular weight is 405 g/mol. The van der Waals surface area contributed by atoms with Crippen LogP contribution >= 0.6 is 0 Å². The molecule has 2 aliphatic rings. The summed E-state index contributed by atoms with van der Waals surface area (Å²) in [4.78, 5) is 52.6. The summed E-state index contributed by atoms with van der Waals surface area (Å²) in [5.74, 6) is -2.23. The van der Waals surface area contributed by atoms with Gasteiger partial charge in [0, 0.05) is 25.2 Å². The van der Waals surface area contributed by atoms with Gasteiger partial charge in [-0.05, 0) is 31.0 Å². The van der Waals surface area contributed by atoms with Gasteiger partial charge in [0.2, 0.25) is 17.7 Å². The van der Waals surface area contributed by atoms with Crippen molar-refractivity contribution in [3.8, 4) is 0 Å². The molecule has 9 nitrogen and oxygen atoms in total. The number of halogens is 1. The van der Waals surface area contributed by atoms with Crippen molar-refractivity contribution < 1.29 is 23.6 Å². The van der Waals surface area contributed by atoms with Gasteiger partial charge in [-0.15, -0.1) is 0 Å². The minimum atomic E-state index is -1.01. The van der Waals surface area contributed by atoms with Crippen molar-refractivity contribution in [2.45, 2.75) is 24.9 Å². The Morgan fingerprint density at radius 1 is 1.28 bits per heavy atom. The molecule has 0 saturated carbocycles. The van der Waals surface area contributed by atoms with E-state index in [-0.39, 0.29) is 43.6 Å². The maximum atomic E-state index is 13.6. The molecule has 2 atom stereocenters. The highest BCUT2D eigenvalue weighted by atomic mass is 19.1. The normalized spacial score (nSPS) is 22.1. The van der Waals surface area contributed by atoms with Crippen LogP contribution in [0.2, 0.25) is 0 Å². The summed E-state index contributed by atoms with van der Waals surface area (Å²) in [5.41, 5.74) is 5.54. The fraction of sp³-hybridized carbons (Fsp3) is 0.474. The third-order valence-electron chi connectivity index (χ3n) is 5.14. The smallest absolute Gasteiger partial charge is 0.254 e. The molecule has 4 N–H and O–H groups in total. The van der Waals surface area contributed by atoms with Crippen LogP contribution in [0.4, 0.5) is 4.39 Å². The van der Waals surface area contributed by atoms with E-state index in [0.717, 1.165) is 12.5 Å². The number of nitrogens with zero attached hydrogens (tertiary/aromatic N) is 2. The van der Waals surface area contributed by atoms with Crippen LogP contribution in [0.15, 0.2) is 24.3 Å². The molecular weight excluding hydrogens is 381 g/mol. The van der Waals surface area contributed by atoms with E-state index in [2.05, 4.69) is 10.6 Å². The summed E-state index contributed by atoms with van der Waals surface area (Å²) < 4.78 is 13.6. The van der Waals surface area contributed by atoms with Gasteiger partial charge in [-0.25, -0.2) is 4.39 Å². The highest BCUT2D eigenvalue weighted by molar-refractivity contribution is 5.99. The summed E-state index contributed by atoms with van der Waals surface area (Å²) >= 11 is 0. The fourth-order valence-electron chi connectivity index (χ4n) is 3.57. The van der Waals surface area contributed by atoms with E-state index in [0.29, 0.717) is 13.0 Å². The second-order valence-corrected chi connectivity index (χ2v) is 7.06. The van der Waals surface area contributed by atoms with E-state index >= 15 is 0 Å². The lowest BCUT2D eigenvalue weighted by molar-refractivity contribution is -0.138. The number of piperazine rings is 1. The summed E-state index contributed by atoms with van der Waals surface area (Å²) in [6.45, 7) is 0.604. The van der Waals surface area contributed by atoms with Crippen molar-refractivity contribution in [1.29, 1.82) is 0 Å². The van der Waals surface area contributed by atoms with E-state index in [1.807, 2.05) is 0 Å². The van der Waals surface area contributed by atoms with E-state index < -0.39 is 29.7 Å². The predicted molar refractivity (Wildman–Crippen MR) is 101 cm³/mol. The molecule has 2 heterocycles. The molecule has 0 spiro atoms.